The Kier molecular flexibility index (Phi) is 5.09. The van der Waals surface area contributed by atoms with Gasteiger partial charge >= 0.3 is 0 Å². The lowest BCUT2D eigenvalue weighted by molar-refractivity contribution is 0.373. The number of anilines is 1. The third kappa shape index (κ3) is 3.39. The van der Waals surface area contributed by atoms with Crippen LogP contribution in [0.2, 0.25) is 0 Å². The Morgan fingerprint density at radius 2 is 1.74 bits per heavy atom. The molecule has 0 saturated heterocycles. The zero-order valence-electron chi connectivity index (χ0n) is 11.5. The first-order valence-corrected chi connectivity index (χ1v) is 6.83. The largest absolute Gasteiger partial charge is 0.504 e. The molecule has 0 unspecified atom stereocenters. The molecule has 122 valence electrons. The van der Waals surface area contributed by atoms with Gasteiger partial charge < -0.3 is 9.84 Å². The number of aromatic hydroxyl groups is 1. The first-order chi connectivity index (χ1) is 10.9. The lowest BCUT2D eigenvalue weighted by Gasteiger charge is -2.08. The van der Waals surface area contributed by atoms with E-state index in [1.165, 1.54) is 25.3 Å². The number of rotatable bonds is 4. The van der Waals surface area contributed by atoms with Crippen LogP contribution in [0.3, 0.4) is 0 Å². The highest BCUT2D eigenvalue weighted by atomic mass is 79.9. The minimum absolute atomic E-state index is 0.105. The summed E-state index contributed by atoms with van der Waals surface area (Å²) in [4.78, 5) is 0. The summed E-state index contributed by atoms with van der Waals surface area (Å²) >= 11 is 2.41. The van der Waals surface area contributed by atoms with Crippen LogP contribution >= 0.6 is 15.9 Å². The van der Waals surface area contributed by atoms with E-state index in [9.17, 15) is 22.7 Å². The minimum Gasteiger partial charge on any atom is -0.504 e. The van der Waals surface area contributed by atoms with E-state index in [1.807, 2.05) is 5.43 Å². The molecule has 0 saturated carbocycles. The number of hydrogen-bond acceptors (Lipinski definition) is 4. The molecule has 0 aliphatic carbocycles. The van der Waals surface area contributed by atoms with E-state index < -0.39 is 33.4 Å². The summed E-state index contributed by atoms with van der Waals surface area (Å²) < 4.78 is 57.9. The molecule has 23 heavy (non-hydrogen) atoms. The highest BCUT2D eigenvalue weighted by molar-refractivity contribution is 9.10. The molecule has 0 heterocycles. The maximum absolute atomic E-state index is 13.6. The molecule has 0 spiro atoms. The normalized spacial score (nSPS) is 11.0. The number of nitrogens with one attached hydrogen (secondary N) is 1. The topological polar surface area (TPSA) is 53.8 Å². The summed E-state index contributed by atoms with van der Waals surface area (Å²) in [5.41, 5.74) is 1.25. The number of methoxy groups -OCH3 is 1. The van der Waals surface area contributed by atoms with Crippen LogP contribution in [0.25, 0.3) is 0 Å². The Balaban J connectivity index is 2.28. The van der Waals surface area contributed by atoms with Crippen molar-refractivity contribution >= 4 is 27.8 Å². The molecule has 0 radical (unpaired) electrons. The zero-order valence-corrected chi connectivity index (χ0v) is 13.1. The highest BCUT2D eigenvalue weighted by Crippen LogP contribution is 2.31. The van der Waals surface area contributed by atoms with E-state index in [0.717, 1.165) is 6.21 Å². The zero-order chi connectivity index (χ0) is 17.1. The predicted molar refractivity (Wildman–Crippen MR) is 79.8 cm³/mol. The molecule has 0 bridgehead atoms. The fourth-order valence-electron chi connectivity index (χ4n) is 1.65. The van der Waals surface area contributed by atoms with Gasteiger partial charge in [-0.25, -0.2) is 17.6 Å². The molecule has 0 atom stereocenters. The summed E-state index contributed by atoms with van der Waals surface area (Å²) in [6.07, 6.45) is 1.12. The van der Waals surface area contributed by atoms with Crippen molar-refractivity contribution in [1.82, 2.24) is 0 Å². The van der Waals surface area contributed by atoms with E-state index in [0.29, 0.717) is 5.56 Å². The third-order valence-corrected chi connectivity index (χ3v) is 3.50. The Labute approximate surface area is 136 Å². The van der Waals surface area contributed by atoms with Gasteiger partial charge in [-0.3, -0.25) is 5.43 Å². The van der Waals surface area contributed by atoms with Gasteiger partial charge in [0.25, 0.3) is 0 Å². The smallest absolute Gasteiger partial charge is 0.188 e. The van der Waals surface area contributed by atoms with E-state index >= 15 is 0 Å². The van der Waals surface area contributed by atoms with E-state index in [2.05, 4.69) is 21.0 Å². The fraction of sp³-hybridized carbons (Fsp3) is 0.0714. The molecule has 0 aliphatic rings. The summed E-state index contributed by atoms with van der Waals surface area (Å²) in [7, 11) is 1.34. The second kappa shape index (κ2) is 6.86. The van der Waals surface area contributed by atoms with Crippen molar-refractivity contribution in [1.29, 1.82) is 0 Å². The predicted octanol–water partition coefficient (Wildman–Crippen LogP) is 4.17. The maximum atomic E-state index is 13.6. The van der Waals surface area contributed by atoms with Crippen LogP contribution in [0.5, 0.6) is 11.5 Å². The summed E-state index contributed by atoms with van der Waals surface area (Å²) in [5, 5.41) is 12.9. The molecular formula is C14H9BrF4N2O2. The van der Waals surface area contributed by atoms with Crippen molar-refractivity contribution in [3.63, 3.8) is 0 Å². The van der Waals surface area contributed by atoms with Crippen LogP contribution in [0, 0.1) is 23.3 Å². The van der Waals surface area contributed by atoms with Gasteiger partial charge in [0.05, 0.1) is 17.8 Å². The van der Waals surface area contributed by atoms with Crippen molar-refractivity contribution in [3.05, 3.63) is 51.5 Å². The van der Waals surface area contributed by atoms with Gasteiger partial charge in [0.1, 0.15) is 5.69 Å². The standard InChI is InChI=1S/C14H9BrF4N2O2/c1-23-8-4-6(2-3-7(8)22)5-20-21-14-12(18)10(16)9(15)11(17)13(14)19/h2-5,21-22H,1H3/b20-5-. The summed E-state index contributed by atoms with van der Waals surface area (Å²) in [6.45, 7) is 0. The van der Waals surface area contributed by atoms with Gasteiger partial charge in [-0.2, -0.15) is 5.10 Å². The van der Waals surface area contributed by atoms with Crippen LogP contribution in [-0.2, 0) is 0 Å². The summed E-state index contributed by atoms with van der Waals surface area (Å²) in [6, 6.07) is 4.16. The quantitative estimate of drug-likeness (QED) is 0.270. The van der Waals surface area contributed by atoms with Crippen molar-refractivity contribution < 1.29 is 27.4 Å². The number of phenols is 1. The first kappa shape index (κ1) is 17.1. The van der Waals surface area contributed by atoms with Crippen LogP contribution in [0.15, 0.2) is 27.8 Å². The maximum Gasteiger partial charge on any atom is 0.188 e. The number of ether oxygens (including phenoxy) is 1. The van der Waals surface area contributed by atoms with Gasteiger partial charge in [-0.1, -0.05) is 0 Å². The van der Waals surface area contributed by atoms with Crippen LogP contribution in [0.4, 0.5) is 23.2 Å². The van der Waals surface area contributed by atoms with Crippen molar-refractivity contribution in [2.45, 2.75) is 0 Å². The molecule has 9 heteroatoms. The van der Waals surface area contributed by atoms with Crippen LogP contribution in [0.1, 0.15) is 5.56 Å². The Bertz CT molecular complexity index is 755. The number of hydrazone groups is 1. The Morgan fingerprint density at radius 3 is 2.30 bits per heavy atom. The van der Waals surface area contributed by atoms with Crippen molar-refractivity contribution in [3.8, 4) is 11.5 Å². The monoisotopic (exact) mass is 392 g/mol. The van der Waals surface area contributed by atoms with E-state index in [4.69, 9.17) is 4.74 Å². The van der Waals surface area contributed by atoms with Crippen molar-refractivity contribution in [2.75, 3.05) is 12.5 Å². The Hall–Kier alpha value is -2.29. The van der Waals surface area contributed by atoms with Gasteiger partial charge in [0.15, 0.2) is 34.8 Å². The third-order valence-electron chi connectivity index (χ3n) is 2.80. The SMILES string of the molecule is COc1cc(/C=N\Nc2c(F)c(F)c(Br)c(F)c2F)ccc1O. The summed E-state index contributed by atoms with van der Waals surface area (Å²) in [5.74, 6) is -6.33. The van der Waals surface area contributed by atoms with E-state index in [1.54, 1.807) is 0 Å². The molecule has 2 aromatic rings. The number of nitrogens with zero attached hydrogens (tertiary/aromatic N) is 1. The van der Waals surface area contributed by atoms with Gasteiger partial charge in [0, 0.05) is 0 Å². The number of phenolic OH excluding ortho intramolecular Hbond substituents is 1. The number of benzene rings is 2. The van der Waals surface area contributed by atoms with E-state index in [-0.39, 0.29) is 11.5 Å². The Morgan fingerprint density at radius 1 is 1.13 bits per heavy atom. The lowest BCUT2D eigenvalue weighted by Crippen LogP contribution is -2.04. The molecule has 2 N–H and O–H groups in total. The second-order valence-corrected chi connectivity index (χ2v) is 5.04. The van der Waals surface area contributed by atoms with Gasteiger partial charge in [0.2, 0.25) is 0 Å². The highest BCUT2D eigenvalue weighted by Gasteiger charge is 2.23. The molecule has 0 amide bonds. The molecular weight excluding hydrogens is 384 g/mol. The average molecular weight is 393 g/mol. The molecule has 0 aliphatic heterocycles. The average Bonchev–Trinajstić information content (AvgIpc) is 2.55. The molecule has 2 aromatic carbocycles. The second-order valence-electron chi connectivity index (χ2n) is 4.25. The van der Waals surface area contributed by atoms with Crippen molar-refractivity contribution in [2.24, 2.45) is 5.10 Å². The fourth-order valence-corrected chi connectivity index (χ4v) is 2.00. The minimum atomic E-state index is -1.61. The number of hydrogen-bond donors (Lipinski definition) is 2. The van der Waals surface area contributed by atoms with Gasteiger partial charge in [-0.15, -0.1) is 0 Å². The first-order valence-electron chi connectivity index (χ1n) is 6.04. The van der Waals surface area contributed by atoms with Crippen LogP contribution < -0.4 is 10.2 Å². The van der Waals surface area contributed by atoms with Gasteiger partial charge in [-0.05, 0) is 39.7 Å². The molecule has 4 nitrogen and oxygen atoms in total. The molecule has 0 fully saturated rings. The lowest BCUT2D eigenvalue weighted by atomic mass is 10.2. The molecule has 0 aromatic heterocycles. The molecule has 2 rings (SSSR count). The van der Waals surface area contributed by atoms with Crippen LogP contribution in [-0.4, -0.2) is 18.4 Å². The number of halogens is 5.